The number of fused-ring (bicyclic) bond motifs is 1. The Labute approximate surface area is 109 Å². The maximum Gasteiger partial charge on any atom is 0.213 e. The number of hydrogen-bond acceptors (Lipinski definition) is 3. The van der Waals surface area contributed by atoms with Crippen molar-refractivity contribution in [2.24, 2.45) is 0 Å². The molecule has 0 amide bonds. The minimum Gasteiger partial charge on any atom is -0.469 e. The van der Waals surface area contributed by atoms with Crippen molar-refractivity contribution >= 4 is 5.78 Å². The number of carbonyl (C=O) groups excluding carboxylic acids is 1. The fourth-order valence-corrected chi connectivity index (χ4v) is 2.23. The van der Waals surface area contributed by atoms with E-state index in [0.717, 1.165) is 0 Å². The average Bonchev–Trinajstić information content (AvgIpc) is 2.82. The molecule has 0 aliphatic carbocycles. The predicted molar refractivity (Wildman–Crippen MR) is 66.6 cm³/mol. The fraction of sp³-hybridized carbons (Fsp3) is 0.286. The van der Waals surface area contributed by atoms with E-state index in [1.807, 2.05) is 0 Å². The van der Waals surface area contributed by atoms with Crippen molar-refractivity contribution < 1.29 is 13.9 Å². The molecule has 1 aromatic carbocycles. The highest BCUT2D eigenvalue weighted by atomic mass is 19.1. The Morgan fingerprint density at radius 1 is 1.47 bits per heavy atom. The summed E-state index contributed by atoms with van der Waals surface area (Å²) in [5.74, 6) is 0.143. The van der Waals surface area contributed by atoms with Gasteiger partial charge in [0.05, 0.1) is 0 Å². The Morgan fingerprint density at radius 2 is 2.26 bits per heavy atom. The Balaban J connectivity index is 1.90. The lowest BCUT2D eigenvalue weighted by Gasteiger charge is -2.25. The second kappa shape index (κ2) is 4.50. The van der Waals surface area contributed by atoms with Gasteiger partial charge in [-0.15, -0.1) is 0 Å². The number of hydrogen-bond donors (Lipinski definition) is 0. The molecule has 2 heterocycles. The van der Waals surface area contributed by atoms with E-state index in [1.54, 1.807) is 28.9 Å². The number of rotatable bonds is 2. The molecule has 4 nitrogen and oxygen atoms in total. The van der Waals surface area contributed by atoms with Gasteiger partial charge in [0.15, 0.2) is 5.78 Å². The molecule has 19 heavy (non-hydrogen) atoms. The van der Waals surface area contributed by atoms with Gasteiger partial charge in [-0.3, -0.25) is 4.79 Å². The van der Waals surface area contributed by atoms with Gasteiger partial charge < -0.3 is 4.74 Å². The number of aryl methyl sites for hydroxylation is 1. The minimum atomic E-state index is -0.329. The van der Waals surface area contributed by atoms with Crippen LogP contribution in [0.15, 0.2) is 30.3 Å². The highest BCUT2D eigenvalue weighted by Crippen LogP contribution is 2.32. The first-order valence-corrected chi connectivity index (χ1v) is 6.15. The van der Waals surface area contributed by atoms with E-state index >= 15 is 0 Å². The first-order chi connectivity index (χ1) is 9.15. The molecule has 0 bridgehead atoms. The Bertz CT molecular complexity index is 636. The number of carbonyl (C=O) groups is 1. The van der Waals surface area contributed by atoms with E-state index in [-0.39, 0.29) is 17.7 Å². The fourth-order valence-electron chi connectivity index (χ4n) is 2.23. The standard InChI is InChI=1S/C14H13FN2O2/c1-9(18)12-8-14-17(16-12)7-6-13(19-14)10-4-2-3-5-11(10)15/h2-5,8,13H,6-7H2,1H3. The van der Waals surface area contributed by atoms with Crippen LogP contribution >= 0.6 is 0 Å². The molecule has 2 aromatic rings. The van der Waals surface area contributed by atoms with E-state index in [0.29, 0.717) is 30.1 Å². The van der Waals surface area contributed by atoms with Crippen molar-refractivity contribution in [3.63, 3.8) is 0 Å². The maximum absolute atomic E-state index is 13.7. The quantitative estimate of drug-likeness (QED) is 0.780. The summed E-state index contributed by atoms with van der Waals surface area (Å²) >= 11 is 0. The molecule has 5 heteroatoms. The van der Waals surface area contributed by atoms with Crippen LogP contribution in [0.25, 0.3) is 0 Å². The molecule has 0 saturated heterocycles. The van der Waals surface area contributed by atoms with Crippen LogP contribution in [0, 0.1) is 5.82 Å². The third-order valence-corrected chi connectivity index (χ3v) is 3.22. The van der Waals surface area contributed by atoms with Crippen LogP contribution in [0.5, 0.6) is 5.88 Å². The normalized spacial score (nSPS) is 17.7. The monoisotopic (exact) mass is 260 g/mol. The summed E-state index contributed by atoms with van der Waals surface area (Å²) in [5, 5.41) is 4.15. The van der Waals surface area contributed by atoms with Gasteiger partial charge in [-0.05, 0) is 6.07 Å². The Hall–Kier alpha value is -2.17. The van der Waals surface area contributed by atoms with Crippen LogP contribution < -0.4 is 4.74 Å². The van der Waals surface area contributed by atoms with E-state index < -0.39 is 0 Å². The van der Waals surface area contributed by atoms with E-state index in [1.165, 1.54) is 13.0 Å². The van der Waals surface area contributed by atoms with E-state index in [4.69, 9.17) is 4.74 Å². The number of ketones is 1. The molecule has 0 saturated carbocycles. The second-order valence-corrected chi connectivity index (χ2v) is 4.56. The molecular formula is C14H13FN2O2. The summed E-state index contributed by atoms with van der Waals surface area (Å²) in [6, 6.07) is 8.19. The van der Waals surface area contributed by atoms with Crippen molar-refractivity contribution in [2.75, 3.05) is 0 Å². The van der Waals surface area contributed by atoms with Gasteiger partial charge in [0.25, 0.3) is 0 Å². The molecule has 1 atom stereocenters. The van der Waals surface area contributed by atoms with Gasteiger partial charge in [-0.1, -0.05) is 18.2 Å². The highest BCUT2D eigenvalue weighted by molar-refractivity contribution is 5.92. The summed E-state index contributed by atoms with van der Waals surface area (Å²) in [7, 11) is 0. The molecule has 1 unspecified atom stereocenters. The Morgan fingerprint density at radius 3 is 3.00 bits per heavy atom. The van der Waals surface area contributed by atoms with Crippen LogP contribution in [0.3, 0.4) is 0 Å². The van der Waals surface area contributed by atoms with Gasteiger partial charge in [0.1, 0.15) is 17.6 Å². The third kappa shape index (κ3) is 2.12. The molecule has 0 spiro atoms. The number of benzene rings is 1. The summed E-state index contributed by atoms with van der Waals surface area (Å²) in [6.07, 6.45) is 0.303. The van der Waals surface area contributed by atoms with Crippen LogP contribution in [0.1, 0.15) is 35.5 Å². The van der Waals surface area contributed by atoms with Crippen LogP contribution in [0.4, 0.5) is 4.39 Å². The molecule has 3 rings (SSSR count). The van der Waals surface area contributed by atoms with Gasteiger partial charge in [-0.25, -0.2) is 9.07 Å². The first kappa shape index (κ1) is 11.9. The second-order valence-electron chi connectivity index (χ2n) is 4.56. The zero-order valence-electron chi connectivity index (χ0n) is 10.5. The number of halogens is 1. The first-order valence-electron chi connectivity index (χ1n) is 6.15. The van der Waals surface area contributed by atoms with Crippen molar-refractivity contribution in [1.82, 2.24) is 9.78 Å². The van der Waals surface area contributed by atoms with Gasteiger partial charge in [-0.2, -0.15) is 5.10 Å². The molecule has 98 valence electrons. The third-order valence-electron chi connectivity index (χ3n) is 3.22. The van der Waals surface area contributed by atoms with Crippen molar-refractivity contribution in [1.29, 1.82) is 0 Å². The lowest BCUT2D eigenvalue weighted by atomic mass is 10.1. The van der Waals surface area contributed by atoms with Gasteiger partial charge >= 0.3 is 0 Å². The van der Waals surface area contributed by atoms with E-state index in [9.17, 15) is 9.18 Å². The summed E-state index contributed by atoms with van der Waals surface area (Å²) < 4.78 is 21.1. The summed E-state index contributed by atoms with van der Waals surface area (Å²) in [4.78, 5) is 11.3. The molecule has 0 fully saturated rings. The molecule has 1 aromatic heterocycles. The molecule has 0 radical (unpaired) electrons. The number of nitrogens with zero attached hydrogens (tertiary/aromatic N) is 2. The number of ether oxygens (including phenoxy) is 1. The molecule has 1 aliphatic rings. The van der Waals surface area contributed by atoms with Crippen molar-refractivity contribution in [2.45, 2.75) is 26.0 Å². The van der Waals surface area contributed by atoms with E-state index in [2.05, 4.69) is 5.10 Å². The van der Waals surface area contributed by atoms with Gasteiger partial charge in [0, 0.05) is 31.5 Å². The zero-order valence-corrected chi connectivity index (χ0v) is 10.5. The summed E-state index contributed by atoms with van der Waals surface area (Å²) in [5.41, 5.74) is 0.920. The molecule has 1 aliphatic heterocycles. The maximum atomic E-state index is 13.7. The smallest absolute Gasteiger partial charge is 0.213 e. The Kier molecular flexibility index (Phi) is 2.81. The lowest BCUT2D eigenvalue weighted by Crippen LogP contribution is -2.20. The largest absolute Gasteiger partial charge is 0.469 e. The van der Waals surface area contributed by atoms with Crippen LogP contribution in [0.2, 0.25) is 0 Å². The average molecular weight is 260 g/mol. The van der Waals surface area contributed by atoms with Crippen LogP contribution in [-0.4, -0.2) is 15.6 Å². The SMILES string of the molecule is CC(=O)c1cc2n(n1)CCC(c1ccccc1F)O2. The van der Waals surface area contributed by atoms with Gasteiger partial charge in [0.2, 0.25) is 5.88 Å². The minimum absolute atomic E-state index is 0.104. The lowest BCUT2D eigenvalue weighted by molar-refractivity contribution is 0.101. The van der Waals surface area contributed by atoms with Crippen molar-refractivity contribution in [3.8, 4) is 5.88 Å². The highest BCUT2D eigenvalue weighted by Gasteiger charge is 2.25. The predicted octanol–water partition coefficient (Wildman–Crippen LogP) is 2.75. The molecular weight excluding hydrogens is 247 g/mol. The zero-order chi connectivity index (χ0) is 13.4. The van der Waals surface area contributed by atoms with Crippen LogP contribution in [-0.2, 0) is 6.54 Å². The summed E-state index contributed by atoms with van der Waals surface area (Å²) in [6.45, 7) is 2.07. The number of Topliss-reactive ketones (excluding diaryl/α,β-unsaturated/α-hetero) is 1. The number of aromatic nitrogens is 2. The molecule has 0 N–H and O–H groups in total. The topological polar surface area (TPSA) is 44.1 Å². The van der Waals surface area contributed by atoms with Crippen molar-refractivity contribution in [3.05, 3.63) is 47.4 Å².